The fourth-order valence-electron chi connectivity index (χ4n) is 0.859. The highest BCUT2D eigenvalue weighted by Gasteiger charge is 2.38. The SMILES string of the molecule is FC(F)(F)[C@@H](Br)c1ccc(Br)c(Br)c1. The number of rotatable bonds is 1. The summed E-state index contributed by atoms with van der Waals surface area (Å²) in [6.07, 6.45) is -4.27. The van der Waals surface area contributed by atoms with Crippen LogP contribution in [0.3, 0.4) is 0 Å². The third-order valence-corrected chi connectivity index (χ3v) is 4.45. The van der Waals surface area contributed by atoms with Gasteiger partial charge in [0.15, 0.2) is 0 Å². The van der Waals surface area contributed by atoms with Gasteiger partial charge in [0.1, 0.15) is 4.83 Å². The first-order valence-electron chi connectivity index (χ1n) is 3.48. The van der Waals surface area contributed by atoms with Gasteiger partial charge in [-0.3, -0.25) is 0 Å². The predicted molar refractivity (Wildman–Crippen MR) is 59.6 cm³/mol. The van der Waals surface area contributed by atoms with E-state index in [0.717, 1.165) is 4.47 Å². The molecule has 0 bridgehead atoms. The molecule has 0 spiro atoms. The molecule has 1 aromatic carbocycles. The Kier molecular flexibility index (Phi) is 4.05. The maximum Gasteiger partial charge on any atom is 0.405 e. The molecule has 1 rings (SSSR count). The average molecular weight is 397 g/mol. The van der Waals surface area contributed by atoms with Gasteiger partial charge in [-0.15, -0.1) is 0 Å². The zero-order chi connectivity index (χ0) is 10.9. The lowest BCUT2D eigenvalue weighted by atomic mass is 10.1. The van der Waals surface area contributed by atoms with Gasteiger partial charge in [-0.05, 0) is 49.6 Å². The van der Waals surface area contributed by atoms with Crippen molar-refractivity contribution in [2.45, 2.75) is 11.0 Å². The van der Waals surface area contributed by atoms with Crippen molar-refractivity contribution in [2.75, 3.05) is 0 Å². The standard InChI is InChI=1S/C8H4Br3F3/c9-5-2-1-4(3-6(5)10)7(11)8(12,13)14/h1-3,7H/t7-/m0/s1. The number of alkyl halides is 4. The first-order chi connectivity index (χ1) is 6.32. The van der Waals surface area contributed by atoms with E-state index in [1.54, 1.807) is 6.07 Å². The zero-order valence-electron chi connectivity index (χ0n) is 6.58. The van der Waals surface area contributed by atoms with Gasteiger partial charge < -0.3 is 0 Å². The average Bonchev–Trinajstić information content (AvgIpc) is 2.07. The lowest BCUT2D eigenvalue weighted by Gasteiger charge is -2.14. The van der Waals surface area contributed by atoms with Crippen molar-refractivity contribution < 1.29 is 13.2 Å². The number of benzene rings is 1. The molecule has 0 heterocycles. The van der Waals surface area contributed by atoms with Crippen LogP contribution in [0.15, 0.2) is 27.1 Å². The van der Waals surface area contributed by atoms with E-state index in [2.05, 4.69) is 47.8 Å². The number of hydrogen-bond donors (Lipinski definition) is 0. The van der Waals surface area contributed by atoms with Crippen molar-refractivity contribution >= 4 is 47.8 Å². The molecular formula is C8H4Br3F3. The fraction of sp³-hybridized carbons (Fsp3) is 0.250. The molecule has 0 aliphatic heterocycles. The van der Waals surface area contributed by atoms with Crippen molar-refractivity contribution in [3.05, 3.63) is 32.7 Å². The van der Waals surface area contributed by atoms with E-state index in [1.807, 2.05) is 0 Å². The third-order valence-electron chi connectivity index (χ3n) is 1.52. The molecule has 0 amide bonds. The smallest absolute Gasteiger partial charge is 0.169 e. The van der Waals surface area contributed by atoms with Gasteiger partial charge in [-0.25, -0.2) is 0 Å². The molecule has 1 aromatic rings. The van der Waals surface area contributed by atoms with Gasteiger partial charge in [0.2, 0.25) is 0 Å². The van der Waals surface area contributed by atoms with Crippen LogP contribution in [0.1, 0.15) is 10.4 Å². The minimum absolute atomic E-state index is 0.174. The Morgan fingerprint density at radius 1 is 1.07 bits per heavy atom. The van der Waals surface area contributed by atoms with Crippen LogP contribution in [0.4, 0.5) is 13.2 Å². The highest BCUT2D eigenvalue weighted by molar-refractivity contribution is 9.13. The van der Waals surface area contributed by atoms with Crippen LogP contribution in [-0.4, -0.2) is 6.18 Å². The molecule has 14 heavy (non-hydrogen) atoms. The van der Waals surface area contributed by atoms with Crippen molar-refractivity contribution in [3.8, 4) is 0 Å². The summed E-state index contributed by atoms with van der Waals surface area (Å²) in [6.45, 7) is 0. The van der Waals surface area contributed by atoms with E-state index in [0.29, 0.717) is 4.47 Å². The monoisotopic (exact) mass is 394 g/mol. The summed E-state index contributed by atoms with van der Waals surface area (Å²) in [5, 5.41) is 0. The Balaban J connectivity index is 3.03. The van der Waals surface area contributed by atoms with Crippen LogP contribution < -0.4 is 0 Å². The van der Waals surface area contributed by atoms with Crippen LogP contribution >= 0.6 is 47.8 Å². The van der Waals surface area contributed by atoms with E-state index in [4.69, 9.17) is 0 Å². The molecule has 0 fully saturated rings. The largest absolute Gasteiger partial charge is 0.405 e. The Labute approximate surface area is 104 Å². The summed E-state index contributed by atoms with van der Waals surface area (Å²) in [7, 11) is 0. The summed E-state index contributed by atoms with van der Waals surface area (Å²) in [5.41, 5.74) is 0.174. The number of halogens is 6. The second-order valence-electron chi connectivity index (χ2n) is 2.58. The van der Waals surface area contributed by atoms with Gasteiger partial charge in [-0.1, -0.05) is 22.0 Å². The molecule has 1 atom stereocenters. The molecular weight excluding hydrogens is 393 g/mol. The summed E-state index contributed by atoms with van der Waals surface area (Å²) in [4.78, 5) is -1.63. The van der Waals surface area contributed by atoms with Crippen LogP contribution in [0.2, 0.25) is 0 Å². The van der Waals surface area contributed by atoms with Gasteiger partial charge in [0.05, 0.1) is 0 Å². The Hall–Kier alpha value is 0.450. The summed E-state index contributed by atoms with van der Waals surface area (Å²) in [6, 6.07) is 4.41. The Morgan fingerprint density at radius 2 is 1.64 bits per heavy atom. The van der Waals surface area contributed by atoms with E-state index < -0.39 is 11.0 Å². The highest BCUT2D eigenvalue weighted by atomic mass is 79.9. The van der Waals surface area contributed by atoms with E-state index >= 15 is 0 Å². The molecule has 6 heteroatoms. The molecule has 0 aliphatic rings. The normalized spacial score (nSPS) is 14.1. The minimum Gasteiger partial charge on any atom is -0.169 e. The van der Waals surface area contributed by atoms with E-state index in [9.17, 15) is 13.2 Å². The molecule has 0 saturated carbocycles. The highest BCUT2D eigenvalue weighted by Crippen LogP contribution is 2.41. The minimum atomic E-state index is -4.27. The first-order valence-corrected chi connectivity index (χ1v) is 5.98. The number of hydrogen-bond acceptors (Lipinski definition) is 0. The van der Waals surface area contributed by atoms with Crippen LogP contribution in [0, 0.1) is 0 Å². The Bertz CT molecular complexity index is 335. The van der Waals surface area contributed by atoms with Gasteiger partial charge >= 0.3 is 6.18 Å². The third kappa shape index (κ3) is 2.97. The van der Waals surface area contributed by atoms with Gasteiger partial charge in [-0.2, -0.15) is 13.2 Å². The topological polar surface area (TPSA) is 0 Å². The molecule has 78 valence electrons. The summed E-state index contributed by atoms with van der Waals surface area (Å²) < 4.78 is 38.2. The molecule has 0 saturated heterocycles. The second-order valence-corrected chi connectivity index (χ2v) is 5.20. The van der Waals surface area contributed by atoms with E-state index in [-0.39, 0.29) is 5.56 Å². The van der Waals surface area contributed by atoms with Crippen molar-refractivity contribution in [2.24, 2.45) is 0 Å². The quantitative estimate of drug-likeness (QED) is 0.572. The van der Waals surface area contributed by atoms with Gasteiger partial charge in [0.25, 0.3) is 0 Å². The summed E-state index contributed by atoms with van der Waals surface area (Å²) in [5.74, 6) is 0. The van der Waals surface area contributed by atoms with Crippen LogP contribution in [0.5, 0.6) is 0 Å². The molecule has 0 N–H and O–H groups in total. The Morgan fingerprint density at radius 3 is 2.07 bits per heavy atom. The zero-order valence-corrected chi connectivity index (χ0v) is 11.3. The molecule has 0 radical (unpaired) electrons. The maximum atomic E-state index is 12.3. The van der Waals surface area contributed by atoms with E-state index in [1.165, 1.54) is 12.1 Å². The molecule has 0 nitrogen and oxygen atoms in total. The van der Waals surface area contributed by atoms with Crippen molar-refractivity contribution in [1.82, 2.24) is 0 Å². The van der Waals surface area contributed by atoms with Crippen molar-refractivity contribution in [1.29, 1.82) is 0 Å². The molecule has 0 unspecified atom stereocenters. The summed E-state index contributed by atoms with van der Waals surface area (Å²) >= 11 is 8.94. The first kappa shape index (κ1) is 12.5. The lowest BCUT2D eigenvalue weighted by Crippen LogP contribution is -2.15. The van der Waals surface area contributed by atoms with Gasteiger partial charge in [0, 0.05) is 8.95 Å². The lowest BCUT2D eigenvalue weighted by molar-refractivity contribution is -0.128. The molecule has 0 aromatic heterocycles. The van der Waals surface area contributed by atoms with Crippen LogP contribution in [0.25, 0.3) is 0 Å². The molecule has 0 aliphatic carbocycles. The van der Waals surface area contributed by atoms with Crippen LogP contribution in [-0.2, 0) is 0 Å². The predicted octanol–water partition coefficient (Wildman–Crippen LogP) is 5.21. The fourth-order valence-corrected chi connectivity index (χ4v) is 1.79. The second kappa shape index (κ2) is 4.53. The van der Waals surface area contributed by atoms with Crippen molar-refractivity contribution in [3.63, 3.8) is 0 Å². The maximum absolute atomic E-state index is 12.3.